The highest BCUT2D eigenvalue weighted by atomic mass is 32.2. The number of sulfonamides is 1. The molecule has 2 rings (SSSR count). The number of hydrogen-bond donors (Lipinski definition) is 2. The van der Waals surface area contributed by atoms with Crippen LogP contribution >= 0.6 is 0 Å². The molecule has 0 unspecified atom stereocenters. The molecule has 11 nitrogen and oxygen atoms in total. The molecule has 0 saturated heterocycles. The number of tetrazole rings is 1. The molecule has 0 aliphatic rings. The van der Waals surface area contributed by atoms with Gasteiger partial charge in [0.15, 0.2) is 0 Å². The maximum atomic E-state index is 11.9. The van der Waals surface area contributed by atoms with Crippen molar-refractivity contribution in [3.05, 3.63) is 18.5 Å². The van der Waals surface area contributed by atoms with Gasteiger partial charge in [-0.1, -0.05) is 9.51 Å². The molecule has 0 aliphatic heterocycles. The van der Waals surface area contributed by atoms with Gasteiger partial charge in [0.1, 0.15) is 0 Å². The lowest BCUT2D eigenvalue weighted by molar-refractivity contribution is 0.252. The summed E-state index contributed by atoms with van der Waals surface area (Å²) in [4.78, 5) is 11.9. The maximum Gasteiger partial charge on any atom is 0.350 e. The molecule has 0 fully saturated rings. The smallest absolute Gasteiger partial charge is 0.349 e. The number of aromatic nitrogens is 6. The Kier molecular flexibility index (Phi) is 2.47. The first-order valence-corrected chi connectivity index (χ1v) is 5.55. The van der Waals surface area contributed by atoms with E-state index in [0.717, 1.165) is 4.79 Å². The number of amides is 2. The standard InChI is InChI=1S/C5H6N8O3S/c6-4(14)13(12-3-1-2-7-12)17(15,16)5-8-10-11-9-5/h1-3H,(H2,6,14)(H,8,9,10,11). The number of primary amides is 1. The minimum Gasteiger partial charge on any atom is -0.349 e. The molecular weight excluding hydrogens is 252 g/mol. The Morgan fingerprint density at radius 3 is 2.76 bits per heavy atom. The third-order valence-corrected chi connectivity index (χ3v) is 3.09. The summed E-state index contributed by atoms with van der Waals surface area (Å²) in [7, 11) is -4.34. The third-order valence-electron chi connectivity index (χ3n) is 1.65. The number of nitrogens with zero attached hydrogens (tertiary/aromatic N) is 6. The van der Waals surface area contributed by atoms with Gasteiger partial charge in [0.2, 0.25) is 0 Å². The molecule has 3 N–H and O–H groups in total. The number of H-pyrrole nitrogens is 1. The summed E-state index contributed by atoms with van der Waals surface area (Å²) < 4.78 is 24.0. The average molecular weight is 258 g/mol. The number of urea groups is 1. The molecule has 0 saturated carbocycles. The molecule has 0 bridgehead atoms. The molecule has 0 aromatic carbocycles. The van der Waals surface area contributed by atoms with Crippen LogP contribution < -0.4 is 10.1 Å². The quantitative estimate of drug-likeness (QED) is 0.633. The van der Waals surface area contributed by atoms with Gasteiger partial charge < -0.3 is 5.73 Å². The van der Waals surface area contributed by atoms with Crippen molar-refractivity contribution in [2.75, 3.05) is 4.41 Å². The van der Waals surface area contributed by atoms with E-state index < -0.39 is 21.2 Å². The minimum absolute atomic E-state index is 0.206. The first-order chi connectivity index (χ1) is 8.03. The lowest BCUT2D eigenvalue weighted by Crippen LogP contribution is -2.48. The molecule has 0 spiro atoms. The Labute approximate surface area is 94.2 Å². The third kappa shape index (κ3) is 1.80. The number of rotatable bonds is 3. The van der Waals surface area contributed by atoms with Crippen LogP contribution in [0.25, 0.3) is 0 Å². The lowest BCUT2D eigenvalue weighted by Gasteiger charge is -2.16. The van der Waals surface area contributed by atoms with Crippen molar-refractivity contribution in [3.8, 4) is 0 Å². The monoisotopic (exact) mass is 258 g/mol. The fourth-order valence-corrected chi connectivity index (χ4v) is 2.05. The Balaban J connectivity index is 2.53. The van der Waals surface area contributed by atoms with E-state index in [2.05, 4.69) is 20.5 Å². The van der Waals surface area contributed by atoms with Crippen LogP contribution in [-0.4, -0.2) is 45.0 Å². The SMILES string of the molecule is NC(=O)N(n1cccn1)S(=O)(=O)c1nn[nH]n1. The molecule has 90 valence electrons. The molecular formula is C5H6N8O3S. The van der Waals surface area contributed by atoms with Crippen LogP contribution in [0.15, 0.2) is 23.6 Å². The Hall–Kier alpha value is -2.50. The number of nitrogens with two attached hydrogens (primary N) is 1. The van der Waals surface area contributed by atoms with Crippen molar-refractivity contribution in [1.82, 2.24) is 30.5 Å². The first kappa shape index (κ1) is 11.0. The van der Waals surface area contributed by atoms with Crippen LogP contribution in [-0.2, 0) is 10.0 Å². The molecule has 2 aromatic heterocycles. The van der Waals surface area contributed by atoms with Crippen molar-refractivity contribution in [1.29, 1.82) is 0 Å². The fourth-order valence-electron chi connectivity index (χ4n) is 1.04. The van der Waals surface area contributed by atoms with E-state index in [1.54, 1.807) is 0 Å². The number of aromatic amines is 1. The van der Waals surface area contributed by atoms with Gasteiger partial charge in [0.25, 0.3) is 0 Å². The minimum atomic E-state index is -4.34. The van der Waals surface area contributed by atoms with Gasteiger partial charge in [0.05, 0.1) is 12.4 Å². The number of hydrogen-bond acceptors (Lipinski definition) is 7. The maximum absolute atomic E-state index is 11.9. The zero-order valence-corrected chi connectivity index (χ0v) is 8.94. The highest BCUT2D eigenvalue weighted by Crippen LogP contribution is 2.07. The van der Waals surface area contributed by atoms with Crippen LogP contribution in [0, 0.1) is 0 Å². The molecule has 0 radical (unpaired) electrons. The van der Waals surface area contributed by atoms with Crippen molar-refractivity contribution < 1.29 is 13.2 Å². The van der Waals surface area contributed by atoms with Gasteiger partial charge >= 0.3 is 21.2 Å². The molecule has 0 aliphatic carbocycles. The highest BCUT2D eigenvalue weighted by molar-refractivity contribution is 7.93. The van der Waals surface area contributed by atoms with E-state index in [1.807, 2.05) is 5.21 Å². The van der Waals surface area contributed by atoms with Crippen molar-refractivity contribution in [3.63, 3.8) is 0 Å². The van der Waals surface area contributed by atoms with Gasteiger partial charge in [-0.25, -0.2) is 4.79 Å². The van der Waals surface area contributed by atoms with E-state index in [1.165, 1.54) is 18.5 Å². The normalized spacial score (nSPS) is 11.3. The summed E-state index contributed by atoms with van der Waals surface area (Å²) in [5.41, 5.74) is 4.98. The van der Waals surface area contributed by atoms with Crippen molar-refractivity contribution in [2.45, 2.75) is 5.16 Å². The molecule has 17 heavy (non-hydrogen) atoms. The van der Waals surface area contributed by atoms with E-state index in [0.29, 0.717) is 0 Å². The van der Waals surface area contributed by atoms with Crippen LogP contribution in [0.4, 0.5) is 4.79 Å². The van der Waals surface area contributed by atoms with E-state index in [4.69, 9.17) is 5.73 Å². The summed E-state index contributed by atoms with van der Waals surface area (Å²) in [6.45, 7) is 0. The molecule has 2 amide bonds. The van der Waals surface area contributed by atoms with Gasteiger partial charge in [-0.15, -0.1) is 5.10 Å². The second kappa shape index (κ2) is 3.82. The Morgan fingerprint density at radius 1 is 1.53 bits per heavy atom. The Bertz CT molecular complexity index is 602. The highest BCUT2D eigenvalue weighted by Gasteiger charge is 2.33. The van der Waals surface area contributed by atoms with E-state index >= 15 is 0 Å². The van der Waals surface area contributed by atoms with Gasteiger partial charge in [-0.05, 0) is 11.3 Å². The van der Waals surface area contributed by atoms with Crippen LogP contribution in [0.3, 0.4) is 0 Å². The average Bonchev–Trinajstić information content (AvgIpc) is 2.88. The summed E-state index contributed by atoms with van der Waals surface area (Å²) in [6, 6.07) is 0.167. The number of carbonyl (C=O) groups is 1. The number of nitrogens with one attached hydrogen (secondary N) is 1. The summed E-state index contributed by atoms with van der Waals surface area (Å²) in [6.07, 6.45) is 2.50. The van der Waals surface area contributed by atoms with Crippen LogP contribution in [0.1, 0.15) is 0 Å². The summed E-state index contributed by atoms with van der Waals surface area (Å²) >= 11 is 0. The van der Waals surface area contributed by atoms with Gasteiger partial charge in [0, 0.05) is 0 Å². The van der Waals surface area contributed by atoms with Gasteiger partial charge in [-0.2, -0.15) is 23.5 Å². The summed E-state index contributed by atoms with van der Waals surface area (Å²) in [5.74, 6) is 0. The zero-order valence-electron chi connectivity index (χ0n) is 8.13. The van der Waals surface area contributed by atoms with Crippen molar-refractivity contribution >= 4 is 16.1 Å². The predicted octanol–water partition coefficient (Wildman–Crippen LogP) is -2.20. The largest absolute Gasteiger partial charge is 0.350 e. The summed E-state index contributed by atoms with van der Waals surface area (Å²) in [5, 5.41) is 14.5. The molecule has 2 heterocycles. The van der Waals surface area contributed by atoms with Crippen LogP contribution in [0.2, 0.25) is 0 Å². The molecule has 12 heteroatoms. The predicted molar refractivity (Wildman–Crippen MR) is 51.4 cm³/mol. The topological polar surface area (TPSA) is 153 Å². The van der Waals surface area contributed by atoms with E-state index in [-0.39, 0.29) is 4.41 Å². The second-order valence-electron chi connectivity index (χ2n) is 2.71. The second-order valence-corrected chi connectivity index (χ2v) is 4.37. The first-order valence-electron chi connectivity index (χ1n) is 4.11. The van der Waals surface area contributed by atoms with Crippen molar-refractivity contribution in [2.24, 2.45) is 5.73 Å². The molecule has 2 aromatic rings. The number of carbonyl (C=O) groups excluding carboxylic acids is 1. The lowest BCUT2D eigenvalue weighted by atomic mass is 10.8. The van der Waals surface area contributed by atoms with Crippen LogP contribution in [0.5, 0.6) is 0 Å². The fraction of sp³-hybridized carbons (Fsp3) is 0. The zero-order chi connectivity index (χ0) is 12.5. The van der Waals surface area contributed by atoms with Gasteiger partial charge in [-0.3, -0.25) is 0 Å². The van der Waals surface area contributed by atoms with E-state index in [9.17, 15) is 13.2 Å². The molecule has 0 atom stereocenters. The Morgan fingerprint density at radius 2 is 2.29 bits per heavy atom.